The second kappa shape index (κ2) is 10.9. The van der Waals surface area contributed by atoms with Crippen molar-refractivity contribution in [3.63, 3.8) is 0 Å². The Hall–Kier alpha value is -3.16. The highest BCUT2D eigenvalue weighted by Gasteiger charge is 2.23. The third-order valence-corrected chi connectivity index (χ3v) is 5.48. The van der Waals surface area contributed by atoms with Crippen molar-refractivity contribution < 1.29 is 13.6 Å². The quantitative estimate of drug-likeness (QED) is 0.510. The Kier molecular flexibility index (Phi) is 8.03. The van der Waals surface area contributed by atoms with Gasteiger partial charge in [-0.1, -0.05) is 12.1 Å². The van der Waals surface area contributed by atoms with Gasteiger partial charge >= 0.3 is 0 Å². The molecule has 2 N–H and O–H groups in total. The molecule has 0 aliphatic carbocycles. The van der Waals surface area contributed by atoms with Gasteiger partial charge in [0, 0.05) is 57.6 Å². The highest BCUT2D eigenvalue weighted by Crippen LogP contribution is 2.25. The molecule has 1 saturated heterocycles. The number of halogens is 2. The first-order valence-electron chi connectivity index (χ1n) is 10.9. The van der Waals surface area contributed by atoms with Gasteiger partial charge in [0.05, 0.1) is 6.54 Å². The van der Waals surface area contributed by atoms with Crippen molar-refractivity contribution in [2.75, 3.05) is 45.2 Å². The Morgan fingerprint density at radius 1 is 1.12 bits per heavy atom. The van der Waals surface area contributed by atoms with E-state index in [9.17, 15) is 13.6 Å². The zero-order valence-corrected chi connectivity index (χ0v) is 18.9. The molecule has 0 radical (unpaired) electrons. The zero-order chi connectivity index (χ0) is 23.1. The maximum Gasteiger partial charge on any atom is 0.253 e. The summed E-state index contributed by atoms with van der Waals surface area (Å²) in [4.78, 5) is 20.3. The van der Waals surface area contributed by atoms with Crippen LogP contribution >= 0.6 is 0 Å². The largest absolute Gasteiger partial charge is 0.371 e. The summed E-state index contributed by atoms with van der Waals surface area (Å²) in [5.41, 5.74) is 2.38. The molecule has 1 atom stereocenters. The number of rotatable bonds is 7. The number of anilines is 1. The van der Waals surface area contributed by atoms with Gasteiger partial charge in [-0.05, 0) is 49.1 Å². The first-order chi connectivity index (χ1) is 15.4. The van der Waals surface area contributed by atoms with Crippen LogP contribution in [0.4, 0.5) is 14.5 Å². The van der Waals surface area contributed by atoms with Crippen LogP contribution in [-0.2, 0) is 6.54 Å². The van der Waals surface area contributed by atoms with Crippen LogP contribution in [-0.4, -0.2) is 57.0 Å². The number of nitrogens with zero attached hydrogens (tertiary/aromatic N) is 3. The molecule has 172 valence electrons. The lowest BCUT2D eigenvalue weighted by Crippen LogP contribution is -2.40. The fraction of sp³-hybridized carbons (Fsp3) is 0.417. The van der Waals surface area contributed by atoms with Crippen LogP contribution in [0.2, 0.25) is 0 Å². The second-order valence-electron chi connectivity index (χ2n) is 8.17. The van der Waals surface area contributed by atoms with Crippen LogP contribution in [0.25, 0.3) is 0 Å². The molecule has 1 unspecified atom stereocenters. The van der Waals surface area contributed by atoms with Gasteiger partial charge in [-0.2, -0.15) is 0 Å². The van der Waals surface area contributed by atoms with Gasteiger partial charge in [-0.15, -0.1) is 0 Å². The summed E-state index contributed by atoms with van der Waals surface area (Å²) in [6, 6.07) is 11.5. The van der Waals surface area contributed by atoms with Gasteiger partial charge in [-0.3, -0.25) is 4.79 Å². The van der Waals surface area contributed by atoms with Crippen molar-refractivity contribution in [2.45, 2.75) is 19.9 Å². The zero-order valence-electron chi connectivity index (χ0n) is 18.9. The molecule has 1 aliphatic heterocycles. The van der Waals surface area contributed by atoms with Crippen LogP contribution in [0.3, 0.4) is 0 Å². The number of amides is 1. The third kappa shape index (κ3) is 6.18. The molecule has 0 bridgehead atoms. The van der Waals surface area contributed by atoms with Crippen molar-refractivity contribution in [1.82, 2.24) is 15.5 Å². The van der Waals surface area contributed by atoms with Crippen molar-refractivity contribution in [3.8, 4) is 0 Å². The van der Waals surface area contributed by atoms with E-state index in [2.05, 4.69) is 20.5 Å². The van der Waals surface area contributed by atoms with Crippen molar-refractivity contribution >= 4 is 17.6 Å². The first kappa shape index (κ1) is 23.5. The summed E-state index contributed by atoms with van der Waals surface area (Å²) in [7, 11) is 3.47. The monoisotopic (exact) mass is 443 g/mol. The molecular formula is C24H31F2N5O. The lowest BCUT2D eigenvalue weighted by molar-refractivity contribution is 0.0827. The van der Waals surface area contributed by atoms with Gasteiger partial charge in [0.15, 0.2) is 17.6 Å². The molecule has 0 saturated carbocycles. The predicted molar refractivity (Wildman–Crippen MR) is 124 cm³/mol. The molecule has 1 heterocycles. The van der Waals surface area contributed by atoms with Gasteiger partial charge in [0.1, 0.15) is 0 Å². The average molecular weight is 444 g/mol. The SMILES string of the molecule is CCNC(=NCc1ccc(C(=O)N(C)C)cc1)NCC1CCN(c2ccc(F)c(F)c2)C1. The van der Waals surface area contributed by atoms with E-state index in [-0.39, 0.29) is 5.91 Å². The summed E-state index contributed by atoms with van der Waals surface area (Å²) in [6.07, 6.45) is 0.965. The Morgan fingerprint density at radius 2 is 1.88 bits per heavy atom. The van der Waals surface area contributed by atoms with Gasteiger partial charge in [-0.25, -0.2) is 13.8 Å². The molecular weight excluding hydrogens is 412 g/mol. The number of hydrogen-bond donors (Lipinski definition) is 2. The van der Waals surface area contributed by atoms with Crippen molar-refractivity contribution in [2.24, 2.45) is 10.9 Å². The number of aliphatic imine (C=N–C) groups is 1. The number of benzene rings is 2. The Bertz CT molecular complexity index is 946. The predicted octanol–water partition coefficient (Wildman–Crippen LogP) is 3.25. The summed E-state index contributed by atoms with van der Waals surface area (Å²) >= 11 is 0. The lowest BCUT2D eigenvalue weighted by atomic mass is 10.1. The van der Waals surface area contributed by atoms with E-state index in [0.29, 0.717) is 23.7 Å². The molecule has 1 amide bonds. The number of hydrogen-bond acceptors (Lipinski definition) is 3. The summed E-state index contributed by atoms with van der Waals surface area (Å²) in [6.45, 7) is 5.58. The third-order valence-electron chi connectivity index (χ3n) is 5.48. The number of nitrogens with one attached hydrogen (secondary N) is 2. The van der Waals surface area contributed by atoms with E-state index in [1.807, 2.05) is 31.2 Å². The van der Waals surface area contributed by atoms with E-state index < -0.39 is 11.6 Å². The molecule has 8 heteroatoms. The minimum atomic E-state index is -0.823. The molecule has 0 spiro atoms. The number of guanidine groups is 1. The molecule has 0 aromatic heterocycles. The normalized spacial score (nSPS) is 16.2. The van der Waals surface area contributed by atoms with Crippen LogP contribution in [0, 0.1) is 17.6 Å². The standard InChI is InChI=1S/C24H31F2N5O/c1-4-27-24(28-14-17-5-7-19(8-6-17)23(32)30(2)3)29-15-18-11-12-31(16-18)20-9-10-21(25)22(26)13-20/h5-10,13,18H,4,11-12,14-16H2,1-3H3,(H2,27,28,29). The lowest BCUT2D eigenvalue weighted by Gasteiger charge is -2.19. The second-order valence-corrected chi connectivity index (χ2v) is 8.17. The van der Waals surface area contributed by atoms with Crippen LogP contribution in [0.5, 0.6) is 0 Å². The first-order valence-corrected chi connectivity index (χ1v) is 10.9. The van der Waals surface area contributed by atoms with E-state index in [1.165, 1.54) is 12.1 Å². The Labute approximate surface area is 188 Å². The smallest absolute Gasteiger partial charge is 0.253 e. The maximum absolute atomic E-state index is 13.5. The molecule has 1 aliphatic rings. The van der Waals surface area contributed by atoms with Crippen molar-refractivity contribution in [3.05, 3.63) is 65.2 Å². The molecule has 2 aromatic rings. The number of carbonyl (C=O) groups is 1. The maximum atomic E-state index is 13.5. The minimum Gasteiger partial charge on any atom is -0.371 e. The molecule has 32 heavy (non-hydrogen) atoms. The van der Waals surface area contributed by atoms with E-state index in [0.717, 1.165) is 44.1 Å². The highest BCUT2D eigenvalue weighted by molar-refractivity contribution is 5.93. The minimum absolute atomic E-state index is 0.0240. The topological polar surface area (TPSA) is 60.0 Å². The molecule has 1 fully saturated rings. The molecule has 6 nitrogen and oxygen atoms in total. The fourth-order valence-electron chi connectivity index (χ4n) is 3.68. The highest BCUT2D eigenvalue weighted by atomic mass is 19.2. The fourth-order valence-corrected chi connectivity index (χ4v) is 3.68. The summed E-state index contributed by atoms with van der Waals surface area (Å²) in [5, 5.41) is 6.64. The number of carbonyl (C=O) groups excluding carboxylic acids is 1. The van der Waals surface area contributed by atoms with Gasteiger partial charge in [0.2, 0.25) is 0 Å². The van der Waals surface area contributed by atoms with Crippen LogP contribution in [0.15, 0.2) is 47.5 Å². The van der Waals surface area contributed by atoms with E-state index in [4.69, 9.17) is 0 Å². The van der Waals surface area contributed by atoms with Crippen LogP contribution in [0.1, 0.15) is 29.3 Å². The van der Waals surface area contributed by atoms with E-state index in [1.54, 1.807) is 25.1 Å². The molecule has 3 rings (SSSR count). The summed E-state index contributed by atoms with van der Waals surface area (Å²) < 4.78 is 26.7. The summed E-state index contributed by atoms with van der Waals surface area (Å²) in [5.74, 6) is -0.555. The molecule has 2 aromatic carbocycles. The Balaban J connectivity index is 1.53. The van der Waals surface area contributed by atoms with Gasteiger partial charge in [0.25, 0.3) is 5.91 Å². The van der Waals surface area contributed by atoms with Gasteiger partial charge < -0.3 is 20.4 Å². The van der Waals surface area contributed by atoms with Crippen LogP contribution < -0.4 is 15.5 Å². The Morgan fingerprint density at radius 3 is 2.53 bits per heavy atom. The average Bonchev–Trinajstić information content (AvgIpc) is 3.26. The van der Waals surface area contributed by atoms with Crippen molar-refractivity contribution in [1.29, 1.82) is 0 Å². The van der Waals surface area contributed by atoms with E-state index >= 15 is 0 Å².